The fraction of sp³-hybridized carbons (Fsp3) is 0.789. The second-order valence-corrected chi connectivity index (χ2v) is 7.74. The maximum atomic E-state index is 10.9. The second-order valence-electron chi connectivity index (χ2n) is 7.74. The van der Waals surface area contributed by atoms with Crippen LogP contribution >= 0.6 is 0 Å². The molecule has 0 spiro atoms. The van der Waals surface area contributed by atoms with Crippen molar-refractivity contribution in [2.45, 2.75) is 88.5 Å². The Morgan fingerprint density at radius 3 is 2.48 bits per heavy atom. The molecule has 0 unspecified atom stereocenters. The standard InChI is InChI=1S/C19H32O6/c1-4-5-6-7-8-9-12-13(11-20)17-19(24,16(23)15(12)22)10-14(21)18(2,3)25-17/h8-9,14-17,20-24H,4-7,10-11H2,1-3H3/b9-8+/t14-,15+,16+,17-,19-/m0/s1. The lowest BCUT2D eigenvalue weighted by Gasteiger charge is -2.54. The molecule has 0 aromatic heterocycles. The third kappa shape index (κ3) is 3.84. The minimum absolute atomic E-state index is 0.139. The van der Waals surface area contributed by atoms with Gasteiger partial charge in [0, 0.05) is 6.42 Å². The summed E-state index contributed by atoms with van der Waals surface area (Å²) in [5.41, 5.74) is -2.04. The number of fused-ring (bicyclic) bond motifs is 1. The van der Waals surface area contributed by atoms with Gasteiger partial charge in [-0.05, 0) is 37.8 Å². The Hall–Kier alpha value is -0.760. The summed E-state index contributed by atoms with van der Waals surface area (Å²) in [7, 11) is 0. The minimum atomic E-state index is -1.84. The Morgan fingerprint density at radius 2 is 1.88 bits per heavy atom. The molecule has 25 heavy (non-hydrogen) atoms. The summed E-state index contributed by atoms with van der Waals surface area (Å²) in [4.78, 5) is 0. The Morgan fingerprint density at radius 1 is 1.20 bits per heavy atom. The fourth-order valence-electron chi connectivity index (χ4n) is 3.68. The fourth-order valence-corrected chi connectivity index (χ4v) is 3.68. The van der Waals surface area contributed by atoms with Crippen LogP contribution in [0.1, 0.15) is 52.9 Å². The molecule has 6 heteroatoms. The molecular weight excluding hydrogens is 324 g/mol. The molecule has 1 fully saturated rings. The molecule has 0 aromatic rings. The zero-order valence-corrected chi connectivity index (χ0v) is 15.4. The van der Waals surface area contributed by atoms with Crippen molar-refractivity contribution in [2.75, 3.05) is 6.61 Å². The van der Waals surface area contributed by atoms with Crippen molar-refractivity contribution in [3.63, 3.8) is 0 Å². The van der Waals surface area contributed by atoms with Gasteiger partial charge in [-0.3, -0.25) is 0 Å². The van der Waals surface area contributed by atoms with Crippen molar-refractivity contribution in [2.24, 2.45) is 0 Å². The number of unbranched alkanes of at least 4 members (excludes halogenated alkanes) is 3. The first-order valence-corrected chi connectivity index (χ1v) is 9.13. The lowest BCUT2D eigenvalue weighted by molar-refractivity contribution is -0.277. The van der Waals surface area contributed by atoms with Gasteiger partial charge in [0.2, 0.25) is 0 Å². The number of ether oxygens (including phenoxy) is 1. The topological polar surface area (TPSA) is 110 Å². The quantitative estimate of drug-likeness (QED) is 0.451. The minimum Gasteiger partial charge on any atom is -0.392 e. The van der Waals surface area contributed by atoms with Gasteiger partial charge in [-0.2, -0.15) is 0 Å². The van der Waals surface area contributed by atoms with E-state index in [-0.39, 0.29) is 6.42 Å². The average Bonchev–Trinajstić information content (AvgIpc) is 2.55. The molecule has 1 aliphatic carbocycles. The molecule has 0 aromatic carbocycles. The van der Waals surface area contributed by atoms with E-state index in [4.69, 9.17) is 4.74 Å². The summed E-state index contributed by atoms with van der Waals surface area (Å²) in [6, 6.07) is 0. The average molecular weight is 356 g/mol. The van der Waals surface area contributed by atoms with Crippen molar-refractivity contribution in [3.8, 4) is 0 Å². The number of allylic oxidation sites excluding steroid dienone is 1. The van der Waals surface area contributed by atoms with Gasteiger partial charge in [-0.1, -0.05) is 31.9 Å². The third-order valence-corrected chi connectivity index (χ3v) is 5.46. The van der Waals surface area contributed by atoms with Crippen LogP contribution < -0.4 is 0 Å². The van der Waals surface area contributed by atoms with Crippen molar-refractivity contribution < 1.29 is 30.3 Å². The summed E-state index contributed by atoms with van der Waals surface area (Å²) in [5, 5.41) is 52.0. The molecule has 0 bridgehead atoms. The van der Waals surface area contributed by atoms with Gasteiger partial charge in [0.1, 0.15) is 23.9 Å². The predicted molar refractivity (Wildman–Crippen MR) is 93.9 cm³/mol. The molecule has 0 radical (unpaired) electrons. The maximum Gasteiger partial charge on any atom is 0.126 e. The molecule has 5 N–H and O–H groups in total. The predicted octanol–water partition coefficient (Wildman–Crippen LogP) is 0.807. The number of aliphatic hydroxyl groups excluding tert-OH is 4. The van der Waals surface area contributed by atoms with E-state index in [9.17, 15) is 25.5 Å². The highest BCUT2D eigenvalue weighted by atomic mass is 16.5. The largest absolute Gasteiger partial charge is 0.392 e. The molecule has 0 saturated carbocycles. The lowest BCUT2D eigenvalue weighted by Crippen LogP contribution is -2.69. The number of aliphatic hydroxyl groups is 5. The van der Waals surface area contributed by atoms with Gasteiger partial charge in [0.15, 0.2) is 0 Å². The molecule has 1 heterocycles. The zero-order chi connectivity index (χ0) is 18.8. The van der Waals surface area contributed by atoms with E-state index in [0.717, 1.165) is 25.7 Å². The smallest absolute Gasteiger partial charge is 0.126 e. The number of rotatable bonds is 6. The summed E-state index contributed by atoms with van der Waals surface area (Å²) < 4.78 is 5.87. The molecule has 1 saturated heterocycles. The second kappa shape index (κ2) is 7.86. The van der Waals surface area contributed by atoms with Crippen LogP contribution in [0.15, 0.2) is 23.3 Å². The summed E-state index contributed by atoms with van der Waals surface area (Å²) in [5.74, 6) is 0. The Kier molecular flexibility index (Phi) is 6.46. The monoisotopic (exact) mass is 356 g/mol. The van der Waals surface area contributed by atoms with Crippen molar-refractivity contribution in [1.29, 1.82) is 0 Å². The number of hydrogen-bond donors (Lipinski definition) is 5. The highest BCUT2D eigenvalue weighted by Gasteiger charge is 2.60. The highest BCUT2D eigenvalue weighted by Crippen LogP contribution is 2.45. The molecule has 1 aliphatic heterocycles. The first kappa shape index (κ1) is 20.6. The Balaban J connectivity index is 2.36. The highest BCUT2D eigenvalue weighted by molar-refractivity contribution is 5.40. The van der Waals surface area contributed by atoms with Gasteiger partial charge in [0.05, 0.1) is 18.3 Å². The normalized spacial score (nSPS) is 38.2. The van der Waals surface area contributed by atoms with Crippen LogP contribution in [0.5, 0.6) is 0 Å². The van der Waals surface area contributed by atoms with E-state index in [2.05, 4.69) is 6.92 Å². The summed E-state index contributed by atoms with van der Waals surface area (Å²) in [6.45, 7) is 5.11. The first-order valence-electron chi connectivity index (χ1n) is 9.13. The Bertz CT molecular complexity index is 526. The van der Waals surface area contributed by atoms with Gasteiger partial charge in [0.25, 0.3) is 0 Å². The van der Waals surface area contributed by atoms with Crippen LogP contribution in [0.25, 0.3) is 0 Å². The van der Waals surface area contributed by atoms with E-state index in [1.807, 2.05) is 6.08 Å². The number of hydrogen-bond acceptors (Lipinski definition) is 6. The van der Waals surface area contributed by atoms with Gasteiger partial charge in [-0.25, -0.2) is 0 Å². The maximum absolute atomic E-state index is 10.9. The molecule has 6 nitrogen and oxygen atoms in total. The van der Waals surface area contributed by atoms with E-state index in [1.54, 1.807) is 19.9 Å². The summed E-state index contributed by atoms with van der Waals surface area (Å²) >= 11 is 0. The Labute approximate surface area is 149 Å². The van der Waals surface area contributed by atoms with E-state index in [1.165, 1.54) is 0 Å². The first-order chi connectivity index (χ1) is 11.7. The third-order valence-electron chi connectivity index (χ3n) is 5.46. The SMILES string of the molecule is CCCCC/C=C/C1=C(CO)[C@@H]2OC(C)(C)[C@@H](O)C[C@]2(O)[C@H](O)[C@@H]1O. The van der Waals surface area contributed by atoms with Crippen molar-refractivity contribution in [1.82, 2.24) is 0 Å². The van der Waals surface area contributed by atoms with Crippen LogP contribution in [-0.4, -0.2) is 67.8 Å². The van der Waals surface area contributed by atoms with Crippen LogP contribution in [0.4, 0.5) is 0 Å². The van der Waals surface area contributed by atoms with E-state index >= 15 is 0 Å². The van der Waals surface area contributed by atoms with Crippen LogP contribution in [0.3, 0.4) is 0 Å². The molecule has 2 aliphatic rings. The molecular formula is C19H32O6. The summed E-state index contributed by atoms with van der Waals surface area (Å²) in [6.07, 6.45) is 2.72. The van der Waals surface area contributed by atoms with Crippen LogP contribution in [0.2, 0.25) is 0 Å². The lowest BCUT2D eigenvalue weighted by atomic mass is 9.68. The van der Waals surface area contributed by atoms with Gasteiger partial charge >= 0.3 is 0 Å². The van der Waals surface area contributed by atoms with E-state index in [0.29, 0.717) is 11.1 Å². The molecule has 144 valence electrons. The van der Waals surface area contributed by atoms with Crippen molar-refractivity contribution in [3.05, 3.63) is 23.3 Å². The molecule has 2 rings (SSSR count). The van der Waals surface area contributed by atoms with Crippen LogP contribution in [-0.2, 0) is 4.74 Å². The van der Waals surface area contributed by atoms with E-state index < -0.39 is 42.2 Å². The van der Waals surface area contributed by atoms with Gasteiger partial charge < -0.3 is 30.3 Å². The molecule has 0 amide bonds. The van der Waals surface area contributed by atoms with Crippen molar-refractivity contribution >= 4 is 0 Å². The van der Waals surface area contributed by atoms with Crippen LogP contribution in [0, 0.1) is 0 Å². The zero-order valence-electron chi connectivity index (χ0n) is 15.4. The molecule has 5 atom stereocenters. The van der Waals surface area contributed by atoms with Gasteiger partial charge in [-0.15, -0.1) is 0 Å².